The number of nitrogens with one attached hydrogen (secondary N) is 3. The summed E-state index contributed by atoms with van der Waals surface area (Å²) >= 11 is 0. The summed E-state index contributed by atoms with van der Waals surface area (Å²) in [6.07, 6.45) is 0. The second-order valence-corrected chi connectivity index (χ2v) is 6.24. The van der Waals surface area contributed by atoms with Gasteiger partial charge in [0.05, 0.1) is 6.54 Å². The largest absolute Gasteiger partial charge is 0.376 e. The molecule has 0 unspecified atom stereocenters. The van der Waals surface area contributed by atoms with E-state index in [1.54, 1.807) is 19.2 Å². The number of carbonyl (C=O) groups excluding carboxylic acids is 2. The van der Waals surface area contributed by atoms with Crippen LogP contribution >= 0.6 is 0 Å². The molecule has 132 valence electrons. The van der Waals surface area contributed by atoms with Gasteiger partial charge in [-0.05, 0) is 48.2 Å². The molecule has 0 atom stereocenters. The molecule has 2 rings (SSSR count). The molecule has 0 aliphatic heterocycles. The Labute approximate surface area is 148 Å². The zero-order chi connectivity index (χ0) is 18.4. The van der Waals surface area contributed by atoms with Gasteiger partial charge in [-0.2, -0.15) is 0 Å². The van der Waals surface area contributed by atoms with Crippen LogP contribution in [0.5, 0.6) is 0 Å². The predicted molar refractivity (Wildman–Crippen MR) is 102 cm³/mol. The monoisotopic (exact) mass is 339 g/mol. The lowest BCUT2D eigenvalue weighted by molar-refractivity contribution is -0.114. The lowest BCUT2D eigenvalue weighted by atomic mass is 10.0. The van der Waals surface area contributed by atoms with E-state index in [-0.39, 0.29) is 18.4 Å². The van der Waals surface area contributed by atoms with Crippen molar-refractivity contribution in [3.8, 4) is 0 Å². The van der Waals surface area contributed by atoms with Crippen LogP contribution in [0.25, 0.3) is 0 Å². The van der Waals surface area contributed by atoms with Crippen molar-refractivity contribution in [1.29, 1.82) is 0 Å². The van der Waals surface area contributed by atoms with Crippen LogP contribution in [-0.2, 0) is 4.79 Å². The van der Waals surface area contributed by atoms with Gasteiger partial charge in [0.15, 0.2) is 0 Å². The molecule has 0 bridgehead atoms. The van der Waals surface area contributed by atoms with Gasteiger partial charge < -0.3 is 16.0 Å². The van der Waals surface area contributed by atoms with Gasteiger partial charge in [-0.15, -0.1) is 0 Å². The molecule has 0 spiro atoms. The minimum Gasteiger partial charge on any atom is -0.376 e. The van der Waals surface area contributed by atoms with Crippen molar-refractivity contribution in [3.63, 3.8) is 0 Å². The van der Waals surface area contributed by atoms with E-state index in [0.29, 0.717) is 11.5 Å². The van der Waals surface area contributed by atoms with Gasteiger partial charge in [0.1, 0.15) is 0 Å². The summed E-state index contributed by atoms with van der Waals surface area (Å²) in [5.74, 6) is 0.131. The number of anilines is 2. The Balaban J connectivity index is 2.01. The third-order valence-corrected chi connectivity index (χ3v) is 4.08. The van der Waals surface area contributed by atoms with Crippen molar-refractivity contribution in [3.05, 3.63) is 59.2 Å². The highest BCUT2D eigenvalue weighted by Gasteiger charge is 2.11. The van der Waals surface area contributed by atoms with E-state index in [1.165, 1.54) is 5.56 Å². The van der Waals surface area contributed by atoms with Crippen molar-refractivity contribution in [1.82, 2.24) is 5.32 Å². The predicted octanol–water partition coefficient (Wildman–Crippen LogP) is 3.53. The van der Waals surface area contributed by atoms with Crippen LogP contribution in [-0.4, -0.2) is 25.4 Å². The molecule has 5 heteroatoms. The summed E-state index contributed by atoms with van der Waals surface area (Å²) in [4.78, 5) is 24.0. The van der Waals surface area contributed by atoms with E-state index < -0.39 is 0 Å². The molecular formula is C20H25N3O2. The van der Waals surface area contributed by atoms with Crippen molar-refractivity contribution in [2.45, 2.75) is 26.7 Å². The molecule has 0 aromatic heterocycles. The molecule has 5 nitrogen and oxygen atoms in total. The maximum absolute atomic E-state index is 12.2. The SMILES string of the molecule is CNC(=O)c1cccc(NCC(=O)Nc2cccc(C(C)C)c2)c1C. The summed E-state index contributed by atoms with van der Waals surface area (Å²) < 4.78 is 0. The minimum atomic E-state index is -0.142. The fourth-order valence-electron chi connectivity index (χ4n) is 2.56. The maximum Gasteiger partial charge on any atom is 0.251 e. The molecule has 2 aromatic rings. The lowest BCUT2D eigenvalue weighted by Crippen LogP contribution is -2.23. The Kier molecular flexibility index (Phi) is 6.17. The van der Waals surface area contributed by atoms with Crippen LogP contribution in [0.3, 0.4) is 0 Å². The topological polar surface area (TPSA) is 70.2 Å². The van der Waals surface area contributed by atoms with E-state index in [9.17, 15) is 9.59 Å². The first-order chi connectivity index (χ1) is 11.9. The maximum atomic E-state index is 12.2. The second-order valence-electron chi connectivity index (χ2n) is 6.24. The minimum absolute atomic E-state index is 0.129. The first-order valence-electron chi connectivity index (χ1n) is 8.37. The summed E-state index contributed by atoms with van der Waals surface area (Å²) in [5, 5.41) is 8.61. The Morgan fingerprint density at radius 1 is 1.08 bits per heavy atom. The van der Waals surface area contributed by atoms with Crippen LogP contribution in [0.15, 0.2) is 42.5 Å². The number of carbonyl (C=O) groups is 2. The van der Waals surface area contributed by atoms with E-state index in [4.69, 9.17) is 0 Å². The van der Waals surface area contributed by atoms with Crippen LogP contribution < -0.4 is 16.0 Å². The Morgan fingerprint density at radius 2 is 1.80 bits per heavy atom. The summed E-state index contributed by atoms with van der Waals surface area (Å²) in [6.45, 7) is 6.22. The van der Waals surface area contributed by atoms with Gasteiger partial charge in [-0.25, -0.2) is 0 Å². The molecule has 2 aromatic carbocycles. The fourth-order valence-corrected chi connectivity index (χ4v) is 2.56. The highest BCUT2D eigenvalue weighted by molar-refractivity contribution is 5.97. The number of hydrogen-bond donors (Lipinski definition) is 3. The van der Waals surface area contributed by atoms with Crippen molar-refractivity contribution >= 4 is 23.2 Å². The average Bonchev–Trinajstić information content (AvgIpc) is 2.60. The highest BCUT2D eigenvalue weighted by atomic mass is 16.2. The van der Waals surface area contributed by atoms with E-state index in [0.717, 1.165) is 16.9 Å². The van der Waals surface area contributed by atoms with Gasteiger partial charge in [0.25, 0.3) is 5.91 Å². The molecule has 0 aliphatic carbocycles. The van der Waals surface area contributed by atoms with Crippen LogP contribution in [0.1, 0.15) is 41.3 Å². The normalized spacial score (nSPS) is 10.4. The smallest absolute Gasteiger partial charge is 0.251 e. The van der Waals surface area contributed by atoms with Gasteiger partial charge in [-0.3, -0.25) is 9.59 Å². The highest BCUT2D eigenvalue weighted by Crippen LogP contribution is 2.20. The van der Waals surface area contributed by atoms with Gasteiger partial charge in [0, 0.05) is 24.0 Å². The average molecular weight is 339 g/mol. The zero-order valence-electron chi connectivity index (χ0n) is 15.1. The van der Waals surface area contributed by atoms with Crippen LogP contribution in [0.2, 0.25) is 0 Å². The molecular weight excluding hydrogens is 314 g/mol. The molecule has 0 saturated heterocycles. The van der Waals surface area contributed by atoms with Gasteiger partial charge in [0.2, 0.25) is 5.91 Å². The Morgan fingerprint density at radius 3 is 2.48 bits per heavy atom. The zero-order valence-corrected chi connectivity index (χ0v) is 15.1. The standard InChI is InChI=1S/C20H25N3O2/c1-13(2)15-7-5-8-16(11-15)23-19(24)12-22-18-10-6-9-17(14(18)3)20(25)21-4/h5-11,13,22H,12H2,1-4H3,(H,21,25)(H,23,24). The molecule has 0 heterocycles. The molecule has 3 N–H and O–H groups in total. The molecule has 0 saturated carbocycles. The first-order valence-corrected chi connectivity index (χ1v) is 8.37. The van der Waals surface area contributed by atoms with Crippen LogP contribution in [0.4, 0.5) is 11.4 Å². The summed E-state index contributed by atoms with van der Waals surface area (Å²) in [7, 11) is 1.60. The van der Waals surface area contributed by atoms with Gasteiger partial charge >= 0.3 is 0 Å². The molecule has 2 amide bonds. The second kappa shape index (κ2) is 8.33. The third kappa shape index (κ3) is 4.83. The van der Waals surface area contributed by atoms with Crippen LogP contribution in [0, 0.1) is 6.92 Å². The third-order valence-electron chi connectivity index (χ3n) is 4.08. The van der Waals surface area contributed by atoms with Crippen molar-refractivity contribution in [2.24, 2.45) is 0 Å². The van der Waals surface area contributed by atoms with E-state index >= 15 is 0 Å². The van der Waals surface area contributed by atoms with E-state index in [2.05, 4.69) is 29.8 Å². The number of rotatable bonds is 6. The van der Waals surface area contributed by atoms with Gasteiger partial charge in [-0.1, -0.05) is 32.0 Å². The van der Waals surface area contributed by atoms with Crippen molar-refractivity contribution in [2.75, 3.05) is 24.2 Å². The van der Waals surface area contributed by atoms with E-state index in [1.807, 2.05) is 37.3 Å². The number of hydrogen-bond acceptors (Lipinski definition) is 3. The molecule has 0 radical (unpaired) electrons. The fraction of sp³-hybridized carbons (Fsp3) is 0.300. The number of amides is 2. The van der Waals surface area contributed by atoms with Crippen molar-refractivity contribution < 1.29 is 9.59 Å². The molecule has 25 heavy (non-hydrogen) atoms. The summed E-state index contributed by atoms with van der Waals surface area (Å²) in [5.41, 5.74) is 4.15. The Hall–Kier alpha value is -2.82. The first kappa shape index (κ1) is 18.5. The summed E-state index contributed by atoms with van der Waals surface area (Å²) in [6, 6.07) is 13.3. The quantitative estimate of drug-likeness (QED) is 0.754. The Bertz CT molecular complexity index is 769. The molecule has 0 aliphatic rings. The lowest BCUT2D eigenvalue weighted by Gasteiger charge is -2.13. The molecule has 0 fully saturated rings. The number of benzene rings is 2.